The van der Waals surface area contributed by atoms with Crippen molar-refractivity contribution in [3.8, 4) is 11.5 Å². The third kappa shape index (κ3) is 6.17. The second-order valence-corrected chi connectivity index (χ2v) is 7.42. The van der Waals surface area contributed by atoms with Crippen molar-refractivity contribution in [1.29, 1.82) is 0 Å². The van der Waals surface area contributed by atoms with Crippen LogP contribution in [0.3, 0.4) is 0 Å². The summed E-state index contributed by atoms with van der Waals surface area (Å²) in [6.07, 6.45) is 1.41. The van der Waals surface area contributed by atoms with E-state index in [4.69, 9.17) is 21.1 Å². The van der Waals surface area contributed by atoms with Crippen LogP contribution in [0.1, 0.15) is 38.8 Å². The number of esters is 1. The molecule has 1 amide bonds. The Morgan fingerprint density at radius 3 is 2.47 bits per heavy atom. The van der Waals surface area contributed by atoms with Gasteiger partial charge in [0.05, 0.1) is 33.9 Å². The smallest absolute Gasteiger partial charge is 0.343 e. The van der Waals surface area contributed by atoms with Gasteiger partial charge in [0.2, 0.25) is 0 Å². The Balaban J connectivity index is 1.71. The molecule has 0 aliphatic carbocycles. The largest absolute Gasteiger partial charge is 0.490 e. The van der Waals surface area contributed by atoms with Crippen LogP contribution < -0.4 is 14.9 Å². The monoisotopic (exact) mass is 481 g/mol. The van der Waals surface area contributed by atoms with Gasteiger partial charge >= 0.3 is 5.97 Å². The van der Waals surface area contributed by atoms with Gasteiger partial charge in [0, 0.05) is 12.1 Å². The summed E-state index contributed by atoms with van der Waals surface area (Å²) >= 11 is 6.10. The summed E-state index contributed by atoms with van der Waals surface area (Å²) in [7, 11) is 0. The van der Waals surface area contributed by atoms with Gasteiger partial charge in [-0.05, 0) is 67.4 Å². The van der Waals surface area contributed by atoms with E-state index in [0.29, 0.717) is 22.8 Å². The summed E-state index contributed by atoms with van der Waals surface area (Å²) in [6, 6.07) is 14.9. The van der Waals surface area contributed by atoms with Crippen LogP contribution in [0.2, 0.25) is 5.02 Å². The second-order valence-electron chi connectivity index (χ2n) is 7.02. The zero-order chi connectivity index (χ0) is 24.7. The van der Waals surface area contributed by atoms with E-state index >= 15 is 0 Å². The molecular formula is C24H20ClN3O6. The molecule has 0 saturated heterocycles. The third-order valence-electron chi connectivity index (χ3n) is 4.53. The third-order valence-corrected chi connectivity index (χ3v) is 4.85. The van der Waals surface area contributed by atoms with Crippen molar-refractivity contribution in [3.63, 3.8) is 0 Å². The average Bonchev–Trinajstić information content (AvgIpc) is 2.80. The lowest BCUT2D eigenvalue weighted by atomic mass is 10.1. The molecule has 0 atom stereocenters. The topological polar surface area (TPSA) is 120 Å². The predicted octanol–water partition coefficient (Wildman–Crippen LogP) is 4.94. The van der Waals surface area contributed by atoms with Gasteiger partial charge in [0.25, 0.3) is 11.6 Å². The zero-order valence-corrected chi connectivity index (χ0v) is 19.0. The molecule has 1 N–H and O–H groups in total. The van der Waals surface area contributed by atoms with Gasteiger partial charge in [-0.2, -0.15) is 5.10 Å². The van der Waals surface area contributed by atoms with Crippen LogP contribution in [0.4, 0.5) is 5.69 Å². The minimum absolute atomic E-state index is 0.132. The van der Waals surface area contributed by atoms with Gasteiger partial charge in [0.15, 0.2) is 11.5 Å². The normalized spacial score (nSPS) is 10.7. The van der Waals surface area contributed by atoms with E-state index in [9.17, 15) is 19.7 Å². The van der Waals surface area contributed by atoms with Gasteiger partial charge in [-0.3, -0.25) is 14.9 Å². The summed E-state index contributed by atoms with van der Waals surface area (Å²) in [4.78, 5) is 34.9. The van der Waals surface area contributed by atoms with E-state index in [2.05, 4.69) is 10.5 Å². The van der Waals surface area contributed by atoms with Crippen LogP contribution in [0.15, 0.2) is 65.8 Å². The number of hydrogen-bond donors (Lipinski definition) is 1. The van der Waals surface area contributed by atoms with E-state index in [-0.39, 0.29) is 22.7 Å². The van der Waals surface area contributed by atoms with Gasteiger partial charge in [-0.25, -0.2) is 10.2 Å². The van der Waals surface area contributed by atoms with Gasteiger partial charge in [-0.15, -0.1) is 0 Å². The molecule has 34 heavy (non-hydrogen) atoms. The molecule has 0 aliphatic heterocycles. The zero-order valence-electron chi connectivity index (χ0n) is 18.3. The molecule has 9 nitrogen and oxygen atoms in total. The Morgan fingerprint density at radius 2 is 1.82 bits per heavy atom. The molecule has 3 aromatic carbocycles. The molecule has 0 spiro atoms. The maximum absolute atomic E-state index is 12.4. The minimum Gasteiger partial charge on any atom is -0.490 e. The number of nitrogens with one attached hydrogen (secondary N) is 1. The van der Waals surface area contributed by atoms with Crippen LogP contribution in [-0.4, -0.2) is 29.6 Å². The van der Waals surface area contributed by atoms with Crippen LogP contribution in [0.5, 0.6) is 11.5 Å². The molecule has 10 heteroatoms. The molecule has 0 saturated carbocycles. The number of amides is 1. The number of carbonyl (C=O) groups excluding carboxylic acids is 2. The second kappa shape index (κ2) is 11.1. The first kappa shape index (κ1) is 24.4. The molecule has 3 aromatic rings. The molecule has 174 valence electrons. The van der Waals surface area contributed by atoms with Crippen LogP contribution in [0.25, 0.3) is 0 Å². The standard InChI is InChI=1S/C24H20ClN3O6/c1-3-33-22-13-16(14-26-27-23(29)19-10-4-15(2)12-20(19)25)5-11-21(22)34-24(30)17-6-8-18(9-7-17)28(31)32/h4-14H,3H2,1-2H3,(H,27,29)/b26-14-. The fourth-order valence-electron chi connectivity index (χ4n) is 2.87. The summed E-state index contributed by atoms with van der Waals surface area (Å²) in [5.74, 6) is -0.702. The SMILES string of the molecule is CCOc1cc(/C=N\NC(=O)c2ccc(C)cc2Cl)ccc1OC(=O)c1ccc([N+](=O)[O-])cc1. The Morgan fingerprint density at radius 1 is 1.09 bits per heavy atom. The Hall–Kier alpha value is -4.24. The lowest BCUT2D eigenvalue weighted by molar-refractivity contribution is -0.384. The molecule has 0 unspecified atom stereocenters. The van der Waals surface area contributed by atoms with E-state index in [1.165, 1.54) is 36.5 Å². The summed E-state index contributed by atoms with van der Waals surface area (Å²) < 4.78 is 11.0. The first-order chi connectivity index (χ1) is 16.3. The van der Waals surface area contributed by atoms with Gasteiger partial charge in [0.1, 0.15) is 0 Å². The number of hydrazone groups is 1. The minimum atomic E-state index is -0.695. The van der Waals surface area contributed by atoms with Crippen LogP contribution in [-0.2, 0) is 0 Å². The molecule has 0 radical (unpaired) electrons. The van der Waals surface area contributed by atoms with Crippen LogP contribution in [0, 0.1) is 17.0 Å². The number of halogens is 1. The molecule has 0 aromatic heterocycles. The van der Waals surface area contributed by atoms with E-state index in [1.54, 1.807) is 37.3 Å². The van der Waals surface area contributed by atoms with E-state index in [1.807, 2.05) is 6.92 Å². The Kier molecular flexibility index (Phi) is 7.94. The van der Waals surface area contributed by atoms with Crippen LogP contribution >= 0.6 is 11.6 Å². The first-order valence-corrected chi connectivity index (χ1v) is 10.5. The summed E-state index contributed by atoms with van der Waals surface area (Å²) in [6.45, 7) is 3.95. The van der Waals surface area contributed by atoms with Crippen molar-refractivity contribution in [2.75, 3.05) is 6.61 Å². The number of rotatable bonds is 8. The van der Waals surface area contributed by atoms with Crippen molar-refractivity contribution in [2.45, 2.75) is 13.8 Å². The number of benzene rings is 3. The number of non-ortho nitro benzene ring substituents is 1. The molecule has 0 heterocycles. The predicted molar refractivity (Wildman–Crippen MR) is 127 cm³/mol. The van der Waals surface area contributed by atoms with Gasteiger partial charge < -0.3 is 9.47 Å². The number of nitro benzene ring substituents is 1. The first-order valence-electron chi connectivity index (χ1n) is 10.1. The average molecular weight is 482 g/mol. The van der Waals surface area contributed by atoms with Crippen molar-refractivity contribution < 1.29 is 24.0 Å². The number of nitro groups is 1. The Labute approximate surface area is 200 Å². The van der Waals surface area contributed by atoms with Crippen molar-refractivity contribution in [1.82, 2.24) is 5.43 Å². The van der Waals surface area contributed by atoms with Crippen molar-refractivity contribution >= 4 is 35.4 Å². The quantitative estimate of drug-likeness (QED) is 0.160. The summed E-state index contributed by atoms with van der Waals surface area (Å²) in [5.41, 5.74) is 4.24. The fourth-order valence-corrected chi connectivity index (χ4v) is 3.19. The molecule has 0 fully saturated rings. The highest BCUT2D eigenvalue weighted by Crippen LogP contribution is 2.29. The van der Waals surface area contributed by atoms with E-state index in [0.717, 1.165) is 5.56 Å². The highest BCUT2D eigenvalue weighted by atomic mass is 35.5. The van der Waals surface area contributed by atoms with Crippen molar-refractivity contribution in [2.24, 2.45) is 5.10 Å². The highest BCUT2D eigenvalue weighted by molar-refractivity contribution is 6.33. The number of hydrogen-bond acceptors (Lipinski definition) is 7. The lowest BCUT2D eigenvalue weighted by Crippen LogP contribution is -2.18. The Bertz CT molecular complexity index is 1260. The molecule has 0 bridgehead atoms. The molecule has 0 aliphatic rings. The maximum atomic E-state index is 12.4. The maximum Gasteiger partial charge on any atom is 0.343 e. The number of nitrogens with zero attached hydrogens (tertiary/aromatic N) is 2. The highest BCUT2D eigenvalue weighted by Gasteiger charge is 2.15. The lowest BCUT2D eigenvalue weighted by Gasteiger charge is -2.11. The van der Waals surface area contributed by atoms with Gasteiger partial charge in [-0.1, -0.05) is 17.7 Å². The molecule has 3 rings (SSSR count). The fraction of sp³-hybridized carbons (Fsp3) is 0.125. The summed E-state index contributed by atoms with van der Waals surface area (Å²) in [5, 5.41) is 15.0. The number of carbonyl (C=O) groups is 2. The van der Waals surface area contributed by atoms with Crippen molar-refractivity contribution in [3.05, 3.63) is 98.1 Å². The number of aryl methyl sites for hydroxylation is 1. The number of ether oxygens (including phenoxy) is 2. The molecular weight excluding hydrogens is 462 g/mol. The van der Waals surface area contributed by atoms with E-state index < -0.39 is 16.8 Å².